The maximum atomic E-state index is 13.3. The van der Waals surface area contributed by atoms with Gasteiger partial charge in [-0.15, -0.1) is 0 Å². The molecule has 0 atom stereocenters. The Labute approximate surface area is 109 Å². The van der Waals surface area contributed by atoms with Gasteiger partial charge in [-0.3, -0.25) is 0 Å². The predicted molar refractivity (Wildman–Crippen MR) is 69.9 cm³/mol. The maximum absolute atomic E-state index is 13.3. The van der Waals surface area contributed by atoms with Crippen molar-refractivity contribution in [1.29, 1.82) is 0 Å². The van der Waals surface area contributed by atoms with Crippen LogP contribution in [0.5, 0.6) is 0 Å². The van der Waals surface area contributed by atoms with Gasteiger partial charge in [-0.25, -0.2) is 8.78 Å². The van der Waals surface area contributed by atoms with Gasteiger partial charge in [0, 0.05) is 12.2 Å². The molecule has 94 valence electrons. The Bertz CT molecular complexity index is 518. The zero-order valence-electron chi connectivity index (χ0n) is 9.81. The van der Waals surface area contributed by atoms with E-state index in [9.17, 15) is 8.78 Å². The van der Waals surface area contributed by atoms with E-state index in [2.05, 4.69) is 5.32 Å². The van der Waals surface area contributed by atoms with Gasteiger partial charge in [-0.2, -0.15) is 0 Å². The first-order valence-corrected chi connectivity index (χ1v) is 5.88. The van der Waals surface area contributed by atoms with E-state index in [-0.39, 0.29) is 10.8 Å². The molecule has 0 unspecified atom stereocenters. The van der Waals surface area contributed by atoms with Crippen molar-refractivity contribution in [2.45, 2.75) is 13.5 Å². The van der Waals surface area contributed by atoms with Gasteiger partial charge in [0.2, 0.25) is 0 Å². The van der Waals surface area contributed by atoms with Crippen molar-refractivity contribution in [3.63, 3.8) is 0 Å². The van der Waals surface area contributed by atoms with Crippen molar-refractivity contribution in [2.75, 3.05) is 5.32 Å². The Morgan fingerprint density at radius 3 is 2.50 bits per heavy atom. The molecule has 0 aliphatic carbocycles. The minimum absolute atomic E-state index is 0.0649. The highest BCUT2D eigenvalue weighted by atomic mass is 35.5. The quantitative estimate of drug-likeness (QED) is 0.861. The van der Waals surface area contributed by atoms with E-state index in [1.165, 1.54) is 18.2 Å². The number of nitrogens with one attached hydrogen (secondary N) is 1. The largest absolute Gasteiger partial charge is 0.381 e. The molecule has 0 aliphatic heterocycles. The van der Waals surface area contributed by atoms with Gasteiger partial charge in [0.15, 0.2) is 0 Å². The van der Waals surface area contributed by atoms with Crippen LogP contribution in [-0.2, 0) is 6.54 Å². The fraction of sp³-hybridized carbons (Fsp3) is 0.143. The minimum Gasteiger partial charge on any atom is -0.381 e. The summed E-state index contributed by atoms with van der Waals surface area (Å²) in [6.45, 7) is 2.17. The highest BCUT2D eigenvalue weighted by molar-refractivity contribution is 6.31. The predicted octanol–water partition coefficient (Wildman–Crippen LogP) is 4.54. The van der Waals surface area contributed by atoms with Gasteiger partial charge < -0.3 is 5.32 Å². The lowest BCUT2D eigenvalue weighted by Crippen LogP contribution is -2.00. The maximum Gasteiger partial charge on any atom is 0.141 e. The third kappa shape index (κ3) is 2.99. The van der Waals surface area contributed by atoms with Crippen LogP contribution in [0.2, 0.25) is 5.02 Å². The van der Waals surface area contributed by atoms with Crippen molar-refractivity contribution in [3.05, 3.63) is 64.2 Å². The van der Waals surface area contributed by atoms with Gasteiger partial charge >= 0.3 is 0 Å². The summed E-state index contributed by atoms with van der Waals surface area (Å²) < 4.78 is 26.3. The average molecular weight is 268 g/mol. The Hall–Kier alpha value is -1.61. The number of rotatable bonds is 3. The SMILES string of the molecule is Cc1ccc(CNc2ccc(F)c(Cl)c2)cc1F. The summed E-state index contributed by atoms with van der Waals surface area (Å²) in [6.07, 6.45) is 0. The molecule has 2 rings (SSSR count). The van der Waals surface area contributed by atoms with Crippen LogP contribution in [0.1, 0.15) is 11.1 Å². The Morgan fingerprint density at radius 2 is 1.83 bits per heavy atom. The van der Waals surface area contributed by atoms with Crippen LogP contribution in [0, 0.1) is 18.6 Å². The summed E-state index contributed by atoms with van der Waals surface area (Å²) in [5, 5.41) is 3.12. The molecule has 0 fully saturated rings. The molecule has 2 aromatic carbocycles. The van der Waals surface area contributed by atoms with Gasteiger partial charge in [0.1, 0.15) is 11.6 Å². The van der Waals surface area contributed by atoms with Crippen LogP contribution in [0.15, 0.2) is 36.4 Å². The summed E-state index contributed by atoms with van der Waals surface area (Å²) in [4.78, 5) is 0. The minimum atomic E-state index is -0.455. The highest BCUT2D eigenvalue weighted by Crippen LogP contribution is 2.20. The lowest BCUT2D eigenvalue weighted by molar-refractivity contribution is 0.616. The first-order chi connectivity index (χ1) is 8.56. The van der Waals surface area contributed by atoms with Gasteiger partial charge in [-0.05, 0) is 42.3 Å². The van der Waals surface area contributed by atoms with Crippen molar-refractivity contribution >= 4 is 17.3 Å². The molecule has 18 heavy (non-hydrogen) atoms. The van der Waals surface area contributed by atoms with Gasteiger partial charge in [0.25, 0.3) is 0 Å². The first kappa shape index (κ1) is 12.8. The number of benzene rings is 2. The Balaban J connectivity index is 2.06. The third-order valence-corrected chi connectivity index (χ3v) is 2.94. The smallest absolute Gasteiger partial charge is 0.141 e. The summed E-state index contributed by atoms with van der Waals surface area (Å²) in [6, 6.07) is 9.43. The molecule has 1 nitrogen and oxygen atoms in total. The van der Waals surface area contributed by atoms with E-state index in [1.54, 1.807) is 19.1 Å². The lowest BCUT2D eigenvalue weighted by atomic mass is 10.1. The lowest BCUT2D eigenvalue weighted by Gasteiger charge is -2.08. The number of hydrogen-bond acceptors (Lipinski definition) is 1. The summed E-state index contributed by atoms with van der Waals surface area (Å²) in [5.74, 6) is -0.685. The number of anilines is 1. The van der Waals surface area contributed by atoms with Gasteiger partial charge in [0.05, 0.1) is 5.02 Å². The fourth-order valence-corrected chi connectivity index (χ4v) is 1.74. The van der Waals surface area contributed by atoms with E-state index in [0.29, 0.717) is 17.8 Å². The van der Waals surface area contributed by atoms with Crippen molar-refractivity contribution in [2.24, 2.45) is 0 Å². The Kier molecular flexibility index (Phi) is 3.82. The molecule has 0 saturated heterocycles. The molecule has 0 saturated carbocycles. The number of halogens is 3. The molecule has 4 heteroatoms. The second kappa shape index (κ2) is 5.36. The molecule has 0 spiro atoms. The van der Waals surface area contributed by atoms with Crippen LogP contribution < -0.4 is 5.32 Å². The summed E-state index contributed by atoms with van der Waals surface area (Å²) in [5.41, 5.74) is 2.13. The molecule has 0 heterocycles. The molecule has 0 aromatic heterocycles. The van der Waals surface area contributed by atoms with Crippen LogP contribution in [0.25, 0.3) is 0 Å². The number of hydrogen-bond donors (Lipinski definition) is 1. The standard InChI is InChI=1S/C14H12ClF2N/c1-9-2-3-10(6-14(9)17)8-18-11-4-5-13(16)12(15)7-11/h2-7,18H,8H2,1H3. The summed E-state index contributed by atoms with van der Waals surface area (Å²) >= 11 is 5.67. The van der Waals surface area contributed by atoms with Crippen molar-refractivity contribution in [1.82, 2.24) is 0 Å². The van der Waals surface area contributed by atoms with Crippen LogP contribution in [0.4, 0.5) is 14.5 Å². The molecule has 0 aliphatic rings. The van der Waals surface area contributed by atoms with Crippen LogP contribution in [0.3, 0.4) is 0 Å². The van der Waals surface area contributed by atoms with E-state index < -0.39 is 5.82 Å². The molecule has 0 radical (unpaired) electrons. The molecule has 0 bridgehead atoms. The second-order valence-electron chi connectivity index (χ2n) is 4.07. The zero-order chi connectivity index (χ0) is 13.1. The van der Waals surface area contributed by atoms with Gasteiger partial charge in [-0.1, -0.05) is 23.7 Å². The zero-order valence-corrected chi connectivity index (χ0v) is 10.6. The molecule has 2 aromatic rings. The molecule has 1 N–H and O–H groups in total. The molecular formula is C14H12ClF2N. The van der Waals surface area contributed by atoms with Crippen molar-refractivity contribution in [3.8, 4) is 0 Å². The summed E-state index contributed by atoms with van der Waals surface area (Å²) in [7, 11) is 0. The normalized spacial score (nSPS) is 10.4. The molecule has 0 amide bonds. The Morgan fingerprint density at radius 1 is 1.06 bits per heavy atom. The van der Waals surface area contributed by atoms with E-state index >= 15 is 0 Å². The van der Waals surface area contributed by atoms with Crippen LogP contribution in [-0.4, -0.2) is 0 Å². The first-order valence-electron chi connectivity index (χ1n) is 5.50. The van der Waals surface area contributed by atoms with Crippen molar-refractivity contribution < 1.29 is 8.78 Å². The van der Waals surface area contributed by atoms with E-state index in [4.69, 9.17) is 11.6 Å². The highest BCUT2D eigenvalue weighted by Gasteiger charge is 2.02. The second-order valence-corrected chi connectivity index (χ2v) is 4.47. The van der Waals surface area contributed by atoms with E-state index in [1.807, 2.05) is 6.07 Å². The monoisotopic (exact) mass is 267 g/mol. The van der Waals surface area contributed by atoms with E-state index in [0.717, 1.165) is 5.56 Å². The molecular weight excluding hydrogens is 256 g/mol. The topological polar surface area (TPSA) is 12.0 Å². The fourth-order valence-electron chi connectivity index (χ4n) is 1.56. The average Bonchev–Trinajstić information content (AvgIpc) is 2.35. The third-order valence-electron chi connectivity index (χ3n) is 2.65. The number of aryl methyl sites for hydroxylation is 1. The van der Waals surface area contributed by atoms with Crippen LogP contribution >= 0.6 is 11.6 Å².